The Morgan fingerprint density at radius 2 is 0.895 bits per heavy atom. The summed E-state index contributed by atoms with van der Waals surface area (Å²) in [4.78, 5) is 37.7. The number of hydrogen-bond donors (Lipinski definition) is 0. The molecule has 0 saturated carbocycles. The molecule has 0 fully saturated rings. The highest BCUT2D eigenvalue weighted by molar-refractivity contribution is 5.81. The quantitative estimate of drug-likeness (QED) is 0.170. The SMILES string of the molecule is CCC(C)(C)C(=O)Oc1ccc(/C=C\c2cc(OC(=O)C(C)(C)CC)cc(OC(=O)C(C)(C)CC)c2)cc1. The van der Waals surface area contributed by atoms with Gasteiger partial charge in [-0.3, -0.25) is 14.4 Å². The molecule has 0 amide bonds. The molecule has 206 valence electrons. The largest absolute Gasteiger partial charge is 0.426 e. The summed E-state index contributed by atoms with van der Waals surface area (Å²) in [7, 11) is 0. The fraction of sp³-hybridized carbons (Fsp3) is 0.469. The van der Waals surface area contributed by atoms with Gasteiger partial charge in [0.05, 0.1) is 16.2 Å². The van der Waals surface area contributed by atoms with Crippen LogP contribution in [-0.2, 0) is 14.4 Å². The van der Waals surface area contributed by atoms with E-state index in [1.807, 2.05) is 86.6 Å². The van der Waals surface area contributed by atoms with Crippen molar-refractivity contribution < 1.29 is 28.6 Å². The van der Waals surface area contributed by atoms with E-state index in [0.717, 1.165) is 5.56 Å². The van der Waals surface area contributed by atoms with Crippen LogP contribution < -0.4 is 14.2 Å². The smallest absolute Gasteiger partial charge is 0.316 e. The van der Waals surface area contributed by atoms with Crippen LogP contribution in [0.15, 0.2) is 42.5 Å². The van der Waals surface area contributed by atoms with Crippen LogP contribution >= 0.6 is 0 Å². The molecule has 0 N–H and O–H groups in total. The third-order valence-corrected chi connectivity index (χ3v) is 7.19. The summed E-state index contributed by atoms with van der Waals surface area (Å²) in [5, 5.41) is 0. The zero-order valence-electron chi connectivity index (χ0n) is 24.3. The first kappa shape index (κ1) is 30.8. The van der Waals surface area contributed by atoms with E-state index in [1.165, 1.54) is 0 Å². The molecule has 2 aromatic rings. The number of benzene rings is 2. The van der Waals surface area contributed by atoms with E-state index >= 15 is 0 Å². The third-order valence-electron chi connectivity index (χ3n) is 7.19. The lowest BCUT2D eigenvalue weighted by Crippen LogP contribution is -2.29. The van der Waals surface area contributed by atoms with Gasteiger partial charge in [-0.25, -0.2) is 0 Å². The molecule has 0 spiro atoms. The van der Waals surface area contributed by atoms with Gasteiger partial charge in [-0.15, -0.1) is 0 Å². The van der Waals surface area contributed by atoms with Gasteiger partial charge >= 0.3 is 17.9 Å². The molecule has 0 heterocycles. The van der Waals surface area contributed by atoms with Crippen LogP contribution in [0, 0.1) is 16.2 Å². The van der Waals surface area contributed by atoms with Crippen LogP contribution in [0.3, 0.4) is 0 Å². The van der Waals surface area contributed by atoms with E-state index in [0.29, 0.717) is 42.1 Å². The van der Waals surface area contributed by atoms with Crippen LogP contribution in [0.5, 0.6) is 17.2 Å². The topological polar surface area (TPSA) is 78.9 Å². The Bertz CT molecular complexity index is 1120. The number of ether oxygens (including phenoxy) is 3. The molecule has 0 radical (unpaired) electrons. The Morgan fingerprint density at radius 1 is 0.553 bits per heavy atom. The molecule has 0 aliphatic heterocycles. The highest BCUT2D eigenvalue weighted by atomic mass is 16.5. The molecule has 38 heavy (non-hydrogen) atoms. The zero-order valence-corrected chi connectivity index (χ0v) is 24.3. The fourth-order valence-corrected chi connectivity index (χ4v) is 2.82. The van der Waals surface area contributed by atoms with Gasteiger partial charge in [0.1, 0.15) is 17.2 Å². The van der Waals surface area contributed by atoms with Gasteiger partial charge in [-0.2, -0.15) is 0 Å². The molecule has 0 bridgehead atoms. The monoisotopic (exact) mass is 522 g/mol. The van der Waals surface area contributed by atoms with E-state index in [-0.39, 0.29) is 17.9 Å². The lowest BCUT2D eigenvalue weighted by molar-refractivity contribution is -0.145. The molecular weight excluding hydrogens is 480 g/mol. The highest BCUT2D eigenvalue weighted by Crippen LogP contribution is 2.31. The maximum absolute atomic E-state index is 12.7. The number of rotatable bonds is 11. The lowest BCUT2D eigenvalue weighted by atomic mass is 9.90. The number of esters is 3. The molecule has 0 aliphatic carbocycles. The fourth-order valence-electron chi connectivity index (χ4n) is 2.82. The molecule has 0 atom stereocenters. The Labute approximate surface area is 227 Å². The van der Waals surface area contributed by atoms with Crippen molar-refractivity contribution in [2.45, 2.75) is 81.6 Å². The van der Waals surface area contributed by atoms with Gasteiger partial charge in [0.25, 0.3) is 0 Å². The number of hydrogen-bond acceptors (Lipinski definition) is 6. The Balaban J connectivity index is 2.31. The molecule has 0 saturated heterocycles. The van der Waals surface area contributed by atoms with Crippen LogP contribution in [0.4, 0.5) is 0 Å². The Hall–Kier alpha value is -3.41. The van der Waals surface area contributed by atoms with Crippen molar-refractivity contribution in [2.24, 2.45) is 16.2 Å². The van der Waals surface area contributed by atoms with Crippen molar-refractivity contribution in [3.05, 3.63) is 53.6 Å². The van der Waals surface area contributed by atoms with Gasteiger partial charge in [0, 0.05) is 6.07 Å². The van der Waals surface area contributed by atoms with Crippen molar-refractivity contribution >= 4 is 30.1 Å². The van der Waals surface area contributed by atoms with Crippen LogP contribution in [-0.4, -0.2) is 17.9 Å². The van der Waals surface area contributed by atoms with Gasteiger partial charge in [0.15, 0.2) is 0 Å². The summed E-state index contributed by atoms with van der Waals surface area (Å²) < 4.78 is 16.9. The summed E-state index contributed by atoms with van der Waals surface area (Å²) in [6.07, 6.45) is 5.65. The van der Waals surface area contributed by atoms with Gasteiger partial charge < -0.3 is 14.2 Å². The van der Waals surface area contributed by atoms with Crippen molar-refractivity contribution in [3.63, 3.8) is 0 Å². The van der Waals surface area contributed by atoms with Crippen LogP contribution in [0.1, 0.15) is 92.7 Å². The Kier molecular flexibility index (Phi) is 10.1. The molecule has 0 unspecified atom stereocenters. The minimum Gasteiger partial charge on any atom is -0.426 e. The normalized spacial score (nSPS) is 12.3. The molecular formula is C32H42O6. The number of carbonyl (C=O) groups excluding carboxylic acids is 3. The summed E-state index contributed by atoms with van der Waals surface area (Å²) in [6.45, 7) is 16.8. The Morgan fingerprint density at radius 3 is 1.26 bits per heavy atom. The standard InChI is InChI=1S/C32H42O6/c1-10-30(4,5)27(33)36-24-17-15-22(16-18-24)13-14-23-19-25(37-28(34)31(6,7)11-2)21-26(20-23)38-29(35)32(8,9)12-3/h13-21H,10-12H2,1-9H3/b14-13-. The van der Waals surface area contributed by atoms with E-state index in [1.54, 1.807) is 30.3 Å². The van der Waals surface area contributed by atoms with E-state index in [4.69, 9.17) is 14.2 Å². The number of carbonyl (C=O) groups is 3. The highest BCUT2D eigenvalue weighted by Gasteiger charge is 2.30. The molecule has 0 aliphatic rings. The van der Waals surface area contributed by atoms with Crippen molar-refractivity contribution in [1.29, 1.82) is 0 Å². The first-order valence-electron chi connectivity index (χ1n) is 13.2. The average Bonchev–Trinajstić information content (AvgIpc) is 2.87. The first-order chi connectivity index (χ1) is 17.6. The summed E-state index contributed by atoms with van der Waals surface area (Å²) >= 11 is 0. The van der Waals surface area contributed by atoms with Crippen molar-refractivity contribution in [3.8, 4) is 17.2 Å². The van der Waals surface area contributed by atoms with E-state index in [2.05, 4.69) is 0 Å². The van der Waals surface area contributed by atoms with E-state index in [9.17, 15) is 14.4 Å². The lowest BCUT2D eigenvalue weighted by Gasteiger charge is -2.22. The van der Waals surface area contributed by atoms with Crippen molar-refractivity contribution in [1.82, 2.24) is 0 Å². The van der Waals surface area contributed by atoms with Crippen LogP contribution in [0.25, 0.3) is 12.2 Å². The second kappa shape index (κ2) is 12.4. The average molecular weight is 523 g/mol. The minimum absolute atomic E-state index is 0.269. The summed E-state index contributed by atoms with van der Waals surface area (Å²) in [5.41, 5.74) is -0.275. The molecule has 2 rings (SSSR count). The van der Waals surface area contributed by atoms with Gasteiger partial charge in [-0.05, 0) is 96.2 Å². The summed E-state index contributed by atoms with van der Waals surface area (Å²) in [6, 6.07) is 12.2. The van der Waals surface area contributed by atoms with Gasteiger partial charge in [0.2, 0.25) is 0 Å². The predicted octanol–water partition coefficient (Wildman–Crippen LogP) is 7.88. The van der Waals surface area contributed by atoms with E-state index < -0.39 is 16.2 Å². The molecule has 6 nitrogen and oxygen atoms in total. The third kappa shape index (κ3) is 8.30. The summed E-state index contributed by atoms with van der Waals surface area (Å²) in [5.74, 6) is 0.101. The van der Waals surface area contributed by atoms with Crippen LogP contribution in [0.2, 0.25) is 0 Å². The molecule has 0 aromatic heterocycles. The van der Waals surface area contributed by atoms with Crippen molar-refractivity contribution in [2.75, 3.05) is 0 Å². The second-order valence-electron chi connectivity index (χ2n) is 11.5. The molecule has 6 heteroatoms. The maximum Gasteiger partial charge on any atom is 0.316 e. The zero-order chi connectivity index (χ0) is 28.7. The minimum atomic E-state index is -0.648. The first-order valence-corrected chi connectivity index (χ1v) is 13.2. The van der Waals surface area contributed by atoms with Gasteiger partial charge in [-0.1, -0.05) is 45.1 Å². The molecule has 2 aromatic carbocycles. The maximum atomic E-state index is 12.7. The second-order valence-corrected chi connectivity index (χ2v) is 11.5. The predicted molar refractivity (Wildman–Crippen MR) is 151 cm³/mol.